The van der Waals surface area contributed by atoms with E-state index in [2.05, 4.69) is 15.2 Å². The minimum absolute atomic E-state index is 0.111. The van der Waals surface area contributed by atoms with Crippen LogP contribution in [0.3, 0.4) is 0 Å². The SMILES string of the molecule is O=C(Nc1ncsc1-c1c(F)cccc1F)O[C@H]1CN2CCC1CC2. The number of rotatable bonds is 3. The summed E-state index contributed by atoms with van der Waals surface area (Å²) in [4.78, 5) is 18.8. The molecule has 0 radical (unpaired) electrons. The second-order valence-corrected chi connectivity index (χ2v) is 7.19. The van der Waals surface area contributed by atoms with Crippen LogP contribution in [0.15, 0.2) is 23.7 Å². The van der Waals surface area contributed by atoms with Crippen LogP contribution in [-0.4, -0.2) is 41.7 Å². The fourth-order valence-electron chi connectivity index (χ4n) is 3.54. The first-order chi connectivity index (χ1) is 12.1. The Morgan fingerprint density at radius 3 is 2.64 bits per heavy atom. The first kappa shape index (κ1) is 16.4. The molecule has 1 atom stereocenters. The summed E-state index contributed by atoms with van der Waals surface area (Å²) < 4.78 is 33.5. The summed E-state index contributed by atoms with van der Waals surface area (Å²) in [7, 11) is 0. The fourth-order valence-corrected chi connectivity index (χ4v) is 4.33. The van der Waals surface area contributed by atoms with E-state index in [1.54, 1.807) is 0 Å². The third-order valence-electron chi connectivity index (χ3n) is 4.83. The van der Waals surface area contributed by atoms with Gasteiger partial charge in [-0.2, -0.15) is 0 Å². The van der Waals surface area contributed by atoms with Crippen molar-refractivity contribution in [2.75, 3.05) is 25.0 Å². The summed E-state index contributed by atoms with van der Waals surface area (Å²) in [6.07, 6.45) is 1.28. The van der Waals surface area contributed by atoms with Gasteiger partial charge in [-0.05, 0) is 44.0 Å². The molecule has 1 N–H and O–H groups in total. The molecule has 0 saturated carbocycles. The van der Waals surface area contributed by atoms with Crippen LogP contribution in [0.25, 0.3) is 10.4 Å². The maximum absolute atomic E-state index is 14.0. The van der Waals surface area contributed by atoms with Gasteiger partial charge in [-0.3, -0.25) is 10.2 Å². The molecule has 3 saturated heterocycles. The van der Waals surface area contributed by atoms with Gasteiger partial charge in [0.15, 0.2) is 5.82 Å². The number of hydrogen-bond donors (Lipinski definition) is 1. The fraction of sp³-hybridized carbons (Fsp3) is 0.412. The van der Waals surface area contributed by atoms with Gasteiger partial charge in [-0.15, -0.1) is 11.3 Å². The lowest BCUT2D eigenvalue weighted by Gasteiger charge is -2.43. The Kier molecular flexibility index (Phi) is 4.39. The number of hydrogen-bond acceptors (Lipinski definition) is 5. The van der Waals surface area contributed by atoms with Crippen molar-refractivity contribution in [2.45, 2.75) is 18.9 Å². The van der Waals surface area contributed by atoms with Gasteiger partial charge in [0, 0.05) is 6.54 Å². The topological polar surface area (TPSA) is 54.5 Å². The van der Waals surface area contributed by atoms with Crippen LogP contribution in [0.4, 0.5) is 19.4 Å². The molecule has 8 heteroatoms. The molecule has 132 valence electrons. The van der Waals surface area contributed by atoms with Crippen molar-refractivity contribution in [3.8, 4) is 10.4 Å². The van der Waals surface area contributed by atoms with Crippen molar-refractivity contribution in [1.29, 1.82) is 0 Å². The van der Waals surface area contributed by atoms with E-state index in [-0.39, 0.29) is 22.4 Å². The molecule has 3 fully saturated rings. The number of thiazole rings is 1. The van der Waals surface area contributed by atoms with Gasteiger partial charge in [0.05, 0.1) is 16.0 Å². The molecule has 5 nitrogen and oxygen atoms in total. The Morgan fingerprint density at radius 2 is 2.00 bits per heavy atom. The predicted molar refractivity (Wildman–Crippen MR) is 90.5 cm³/mol. The maximum Gasteiger partial charge on any atom is 0.413 e. The van der Waals surface area contributed by atoms with Crippen LogP contribution in [0.2, 0.25) is 0 Å². The van der Waals surface area contributed by atoms with Crippen LogP contribution < -0.4 is 5.32 Å². The highest BCUT2D eigenvalue weighted by Gasteiger charge is 2.36. The van der Waals surface area contributed by atoms with Gasteiger partial charge in [0.25, 0.3) is 0 Å². The number of aromatic nitrogens is 1. The molecule has 0 spiro atoms. The largest absolute Gasteiger partial charge is 0.444 e. The van der Waals surface area contributed by atoms with Crippen molar-refractivity contribution >= 4 is 23.2 Å². The zero-order valence-electron chi connectivity index (χ0n) is 13.4. The molecular weight excluding hydrogens is 348 g/mol. The van der Waals surface area contributed by atoms with Crippen LogP contribution >= 0.6 is 11.3 Å². The van der Waals surface area contributed by atoms with E-state index in [4.69, 9.17) is 4.74 Å². The molecule has 5 rings (SSSR count). The van der Waals surface area contributed by atoms with E-state index in [1.165, 1.54) is 23.7 Å². The van der Waals surface area contributed by atoms with Crippen molar-refractivity contribution < 1.29 is 18.3 Å². The lowest BCUT2D eigenvalue weighted by molar-refractivity contribution is -0.0290. The normalized spacial score (nSPS) is 25.0. The van der Waals surface area contributed by atoms with Crippen molar-refractivity contribution in [1.82, 2.24) is 9.88 Å². The number of carbonyl (C=O) groups excluding carboxylic acids is 1. The van der Waals surface area contributed by atoms with Gasteiger partial charge < -0.3 is 4.74 Å². The Labute approximate surface area is 147 Å². The molecular formula is C17H17F2N3O2S. The Bertz CT molecular complexity index is 770. The van der Waals surface area contributed by atoms with Gasteiger partial charge >= 0.3 is 6.09 Å². The molecule has 4 heterocycles. The number of nitrogens with zero attached hydrogens (tertiary/aromatic N) is 2. The summed E-state index contributed by atoms with van der Waals surface area (Å²) in [5.74, 6) is -0.897. The summed E-state index contributed by atoms with van der Waals surface area (Å²) in [5, 5.41) is 2.54. The number of halogens is 2. The zero-order valence-corrected chi connectivity index (χ0v) is 14.2. The predicted octanol–water partition coefficient (Wildman–Crippen LogP) is 3.73. The Morgan fingerprint density at radius 1 is 1.28 bits per heavy atom. The quantitative estimate of drug-likeness (QED) is 0.901. The lowest BCUT2D eigenvalue weighted by atomic mass is 9.86. The molecule has 2 bridgehead atoms. The summed E-state index contributed by atoms with van der Waals surface area (Å²) >= 11 is 1.06. The van der Waals surface area contributed by atoms with E-state index in [9.17, 15) is 13.6 Å². The van der Waals surface area contributed by atoms with Crippen LogP contribution in [0, 0.1) is 17.6 Å². The van der Waals surface area contributed by atoms with Crippen LogP contribution in [0.5, 0.6) is 0 Å². The third kappa shape index (κ3) is 3.23. The molecule has 0 unspecified atom stereocenters. The van der Waals surface area contributed by atoms with E-state index in [1.807, 2.05) is 0 Å². The van der Waals surface area contributed by atoms with Gasteiger partial charge in [0.2, 0.25) is 0 Å². The molecule has 1 aromatic carbocycles. The Hall–Kier alpha value is -2.06. The number of piperidine rings is 3. The van der Waals surface area contributed by atoms with Gasteiger partial charge in [-0.25, -0.2) is 18.6 Å². The van der Waals surface area contributed by atoms with Gasteiger partial charge in [-0.1, -0.05) is 6.07 Å². The highest BCUT2D eigenvalue weighted by molar-refractivity contribution is 7.13. The van der Waals surface area contributed by atoms with E-state index in [0.29, 0.717) is 5.92 Å². The second-order valence-electron chi connectivity index (χ2n) is 6.33. The van der Waals surface area contributed by atoms with Crippen molar-refractivity contribution in [3.63, 3.8) is 0 Å². The highest BCUT2D eigenvalue weighted by Crippen LogP contribution is 2.35. The summed E-state index contributed by atoms with van der Waals surface area (Å²) in [5.41, 5.74) is 1.24. The van der Waals surface area contributed by atoms with Crippen molar-refractivity contribution in [3.05, 3.63) is 35.3 Å². The number of amides is 1. The van der Waals surface area contributed by atoms with E-state index < -0.39 is 17.7 Å². The standard InChI is InChI=1S/C17H17F2N3O2S/c18-11-2-1-3-12(19)14(11)15-16(20-9-25-15)21-17(23)24-13-8-22-6-4-10(13)5-7-22/h1-3,9-10,13H,4-8H2,(H,21,23)/t13-/m0/s1. The lowest BCUT2D eigenvalue weighted by Crippen LogP contribution is -2.52. The summed E-state index contributed by atoms with van der Waals surface area (Å²) in [6.45, 7) is 2.84. The maximum atomic E-state index is 14.0. The van der Waals surface area contributed by atoms with Gasteiger partial charge in [0.1, 0.15) is 17.7 Å². The van der Waals surface area contributed by atoms with Crippen LogP contribution in [-0.2, 0) is 4.74 Å². The number of ether oxygens (including phenoxy) is 1. The highest BCUT2D eigenvalue weighted by atomic mass is 32.1. The Balaban J connectivity index is 1.49. The third-order valence-corrected chi connectivity index (χ3v) is 5.68. The molecule has 2 aromatic rings. The molecule has 1 amide bonds. The first-order valence-corrected chi connectivity index (χ1v) is 9.07. The smallest absolute Gasteiger partial charge is 0.413 e. The number of benzene rings is 1. The molecule has 25 heavy (non-hydrogen) atoms. The minimum Gasteiger partial charge on any atom is -0.444 e. The molecule has 1 aromatic heterocycles. The minimum atomic E-state index is -0.696. The number of nitrogens with one attached hydrogen (secondary N) is 1. The average Bonchev–Trinajstić information content (AvgIpc) is 3.03. The van der Waals surface area contributed by atoms with Crippen molar-refractivity contribution in [2.24, 2.45) is 5.92 Å². The average molecular weight is 365 g/mol. The molecule has 0 aliphatic carbocycles. The zero-order chi connectivity index (χ0) is 17.4. The first-order valence-electron chi connectivity index (χ1n) is 8.19. The number of fused-ring (bicyclic) bond motifs is 3. The van der Waals surface area contributed by atoms with E-state index >= 15 is 0 Å². The second kappa shape index (κ2) is 6.68. The molecule has 3 aliphatic rings. The van der Waals surface area contributed by atoms with E-state index in [0.717, 1.165) is 43.8 Å². The monoisotopic (exact) mass is 365 g/mol. The molecule has 3 aliphatic heterocycles. The van der Waals surface area contributed by atoms with Crippen LogP contribution in [0.1, 0.15) is 12.8 Å². The number of anilines is 1. The number of carbonyl (C=O) groups is 1. The summed E-state index contributed by atoms with van der Waals surface area (Å²) in [6, 6.07) is 3.64.